The van der Waals surface area contributed by atoms with Crippen LogP contribution in [0.4, 0.5) is 0 Å². The first-order valence-corrected chi connectivity index (χ1v) is 6.19. The standard InChI is InChI=1S/C14H20N4/c1-17(2)10-8-16-12-14-6-4-9-18(14)13-5-3-7-15-11-13/h3-7,9,11,16H,8,10,12H2,1-2H3. The van der Waals surface area contributed by atoms with Gasteiger partial charge in [0.2, 0.25) is 0 Å². The summed E-state index contributed by atoms with van der Waals surface area (Å²) in [4.78, 5) is 6.33. The van der Waals surface area contributed by atoms with Gasteiger partial charge in [0.1, 0.15) is 0 Å². The number of nitrogens with zero attached hydrogens (tertiary/aromatic N) is 3. The second-order valence-electron chi connectivity index (χ2n) is 4.56. The fourth-order valence-corrected chi connectivity index (χ4v) is 1.83. The highest BCUT2D eigenvalue weighted by Crippen LogP contribution is 2.10. The predicted molar refractivity (Wildman–Crippen MR) is 73.8 cm³/mol. The maximum absolute atomic E-state index is 4.15. The molecule has 0 atom stereocenters. The molecule has 0 aliphatic carbocycles. The molecule has 96 valence electrons. The molecule has 0 saturated heterocycles. The summed E-state index contributed by atoms with van der Waals surface area (Å²) in [5.74, 6) is 0. The molecule has 0 spiro atoms. The van der Waals surface area contributed by atoms with Gasteiger partial charge in [-0.25, -0.2) is 0 Å². The van der Waals surface area contributed by atoms with E-state index < -0.39 is 0 Å². The Hall–Kier alpha value is -1.65. The maximum atomic E-state index is 4.15. The van der Waals surface area contributed by atoms with E-state index >= 15 is 0 Å². The van der Waals surface area contributed by atoms with Crippen molar-refractivity contribution in [2.45, 2.75) is 6.54 Å². The number of likely N-dealkylation sites (N-methyl/N-ethyl adjacent to an activating group) is 1. The van der Waals surface area contributed by atoms with E-state index in [0.29, 0.717) is 0 Å². The van der Waals surface area contributed by atoms with E-state index in [-0.39, 0.29) is 0 Å². The minimum atomic E-state index is 0.871. The Labute approximate surface area is 108 Å². The van der Waals surface area contributed by atoms with E-state index in [1.165, 1.54) is 5.69 Å². The summed E-state index contributed by atoms with van der Waals surface area (Å²) >= 11 is 0. The summed E-state index contributed by atoms with van der Waals surface area (Å²) in [6, 6.07) is 8.22. The molecular weight excluding hydrogens is 224 g/mol. The van der Waals surface area contributed by atoms with Gasteiger partial charge in [0.25, 0.3) is 0 Å². The van der Waals surface area contributed by atoms with Gasteiger partial charge >= 0.3 is 0 Å². The van der Waals surface area contributed by atoms with Gasteiger partial charge in [-0.1, -0.05) is 0 Å². The molecule has 4 nitrogen and oxygen atoms in total. The highest BCUT2D eigenvalue weighted by molar-refractivity contribution is 5.31. The molecule has 2 heterocycles. The summed E-state index contributed by atoms with van der Waals surface area (Å²) in [6.07, 6.45) is 5.74. The van der Waals surface area contributed by atoms with Crippen LogP contribution in [0.2, 0.25) is 0 Å². The Kier molecular flexibility index (Phi) is 4.50. The Morgan fingerprint density at radius 3 is 2.89 bits per heavy atom. The maximum Gasteiger partial charge on any atom is 0.0636 e. The van der Waals surface area contributed by atoms with Gasteiger partial charge in [0, 0.05) is 37.7 Å². The minimum Gasteiger partial charge on any atom is -0.318 e. The highest BCUT2D eigenvalue weighted by atomic mass is 15.1. The molecule has 4 heteroatoms. The van der Waals surface area contributed by atoms with Crippen molar-refractivity contribution in [1.29, 1.82) is 0 Å². The van der Waals surface area contributed by atoms with E-state index in [1.54, 1.807) is 6.20 Å². The highest BCUT2D eigenvalue weighted by Gasteiger charge is 2.02. The molecule has 0 unspecified atom stereocenters. The van der Waals surface area contributed by atoms with E-state index in [9.17, 15) is 0 Å². The Balaban J connectivity index is 1.96. The summed E-state index contributed by atoms with van der Waals surface area (Å²) in [5, 5.41) is 3.45. The number of pyridine rings is 1. The molecule has 0 aliphatic heterocycles. The zero-order chi connectivity index (χ0) is 12.8. The molecule has 0 radical (unpaired) electrons. The van der Waals surface area contributed by atoms with Crippen LogP contribution < -0.4 is 5.32 Å². The molecule has 2 aromatic rings. The Morgan fingerprint density at radius 2 is 2.17 bits per heavy atom. The van der Waals surface area contributed by atoms with Crippen LogP contribution in [0.5, 0.6) is 0 Å². The third-order valence-corrected chi connectivity index (χ3v) is 2.80. The van der Waals surface area contributed by atoms with E-state index in [0.717, 1.165) is 25.3 Å². The van der Waals surface area contributed by atoms with Crippen LogP contribution in [0.1, 0.15) is 5.69 Å². The predicted octanol–water partition coefficient (Wildman–Crippen LogP) is 1.52. The van der Waals surface area contributed by atoms with Crippen molar-refractivity contribution in [3.8, 4) is 5.69 Å². The van der Waals surface area contributed by atoms with Crippen molar-refractivity contribution < 1.29 is 0 Å². The quantitative estimate of drug-likeness (QED) is 0.782. The molecule has 2 rings (SSSR count). The number of hydrogen-bond acceptors (Lipinski definition) is 3. The lowest BCUT2D eigenvalue weighted by Gasteiger charge is -2.12. The molecule has 0 saturated carbocycles. The van der Waals surface area contributed by atoms with Gasteiger partial charge in [0.15, 0.2) is 0 Å². The number of aromatic nitrogens is 2. The summed E-state index contributed by atoms with van der Waals surface area (Å²) in [7, 11) is 4.17. The van der Waals surface area contributed by atoms with Gasteiger partial charge in [-0.05, 0) is 38.4 Å². The normalized spacial score (nSPS) is 11.1. The summed E-state index contributed by atoms with van der Waals surface area (Å²) < 4.78 is 2.16. The first kappa shape index (κ1) is 12.8. The molecule has 0 aliphatic rings. The molecule has 0 bridgehead atoms. The smallest absolute Gasteiger partial charge is 0.0636 e. The molecule has 18 heavy (non-hydrogen) atoms. The van der Waals surface area contributed by atoms with E-state index in [4.69, 9.17) is 0 Å². The fraction of sp³-hybridized carbons (Fsp3) is 0.357. The second kappa shape index (κ2) is 6.33. The van der Waals surface area contributed by atoms with Crippen LogP contribution in [0.25, 0.3) is 5.69 Å². The lowest BCUT2D eigenvalue weighted by molar-refractivity contribution is 0.399. The molecule has 1 N–H and O–H groups in total. The molecule has 0 aromatic carbocycles. The second-order valence-corrected chi connectivity index (χ2v) is 4.56. The summed E-state index contributed by atoms with van der Waals surface area (Å²) in [5.41, 5.74) is 2.36. The van der Waals surface area contributed by atoms with Crippen molar-refractivity contribution in [2.24, 2.45) is 0 Å². The van der Waals surface area contributed by atoms with Crippen molar-refractivity contribution >= 4 is 0 Å². The molecule has 0 fully saturated rings. The fourth-order valence-electron chi connectivity index (χ4n) is 1.83. The third-order valence-electron chi connectivity index (χ3n) is 2.80. The van der Waals surface area contributed by atoms with Crippen LogP contribution in [0, 0.1) is 0 Å². The zero-order valence-corrected chi connectivity index (χ0v) is 11.0. The van der Waals surface area contributed by atoms with E-state index in [2.05, 4.69) is 58.3 Å². The van der Waals surface area contributed by atoms with Crippen molar-refractivity contribution in [3.05, 3.63) is 48.5 Å². The van der Waals surface area contributed by atoms with Gasteiger partial charge in [-0.2, -0.15) is 0 Å². The van der Waals surface area contributed by atoms with Gasteiger partial charge in [0.05, 0.1) is 11.9 Å². The first-order valence-electron chi connectivity index (χ1n) is 6.19. The topological polar surface area (TPSA) is 33.1 Å². The van der Waals surface area contributed by atoms with Crippen LogP contribution in [-0.4, -0.2) is 41.6 Å². The Bertz CT molecular complexity index is 462. The van der Waals surface area contributed by atoms with Crippen LogP contribution in [0.3, 0.4) is 0 Å². The Morgan fingerprint density at radius 1 is 1.28 bits per heavy atom. The minimum absolute atomic E-state index is 0.871. The molecule has 2 aromatic heterocycles. The van der Waals surface area contributed by atoms with Crippen molar-refractivity contribution in [2.75, 3.05) is 27.2 Å². The van der Waals surface area contributed by atoms with Crippen LogP contribution >= 0.6 is 0 Å². The van der Waals surface area contributed by atoms with Crippen molar-refractivity contribution in [1.82, 2.24) is 19.8 Å². The SMILES string of the molecule is CN(C)CCNCc1cccn1-c1cccnc1. The van der Waals surface area contributed by atoms with Gasteiger partial charge in [-0.3, -0.25) is 4.98 Å². The number of nitrogens with one attached hydrogen (secondary N) is 1. The third kappa shape index (κ3) is 3.42. The average Bonchev–Trinajstić information content (AvgIpc) is 2.84. The first-order chi connectivity index (χ1) is 8.77. The number of rotatable bonds is 6. The monoisotopic (exact) mass is 244 g/mol. The number of hydrogen-bond donors (Lipinski definition) is 1. The molecular formula is C14H20N4. The van der Waals surface area contributed by atoms with Crippen LogP contribution in [0.15, 0.2) is 42.9 Å². The van der Waals surface area contributed by atoms with Gasteiger partial charge < -0.3 is 14.8 Å². The van der Waals surface area contributed by atoms with Crippen LogP contribution in [-0.2, 0) is 6.54 Å². The zero-order valence-electron chi connectivity index (χ0n) is 11.0. The molecule has 0 amide bonds. The largest absolute Gasteiger partial charge is 0.318 e. The van der Waals surface area contributed by atoms with Gasteiger partial charge in [-0.15, -0.1) is 0 Å². The van der Waals surface area contributed by atoms with Crippen molar-refractivity contribution in [3.63, 3.8) is 0 Å². The lowest BCUT2D eigenvalue weighted by atomic mass is 10.3. The van der Waals surface area contributed by atoms with E-state index in [1.807, 2.05) is 12.3 Å². The average molecular weight is 244 g/mol. The summed E-state index contributed by atoms with van der Waals surface area (Å²) in [6.45, 7) is 2.91. The lowest BCUT2D eigenvalue weighted by Crippen LogP contribution is -2.26.